The Kier molecular flexibility index (Phi) is 4.23. The van der Waals surface area contributed by atoms with Crippen molar-refractivity contribution in [1.82, 2.24) is 14.5 Å². The van der Waals surface area contributed by atoms with Crippen molar-refractivity contribution in [2.24, 2.45) is 0 Å². The lowest BCUT2D eigenvalue weighted by Crippen LogP contribution is -1.98. The van der Waals surface area contributed by atoms with Gasteiger partial charge in [0.25, 0.3) is 0 Å². The molecule has 0 aliphatic rings. The Hall–Kier alpha value is -5.02. The maximum atomic E-state index is 5.00. The first-order valence-electron chi connectivity index (χ1n) is 12.5. The van der Waals surface area contributed by atoms with Crippen molar-refractivity contribution >= 4 is 54.3 Å². The fourth-order valence-corrected chi connectivity index (χ4v) is 5.78. The van der Waals surface area contributed by atoms with E-state index in [1.807, 2.05) is 30.6 Å². The normalized spacial score (nSPS) is 11.8. The van der Waals surface area contributed by atoms with Gasteiger partial charge in [-0.3, -0.25) is 9.55 Å². The second kappa shape index (κ2) is 7.74. The monoisotopic (exact) mass is 471 g/mol. The maximum Gasteiger partial charge on any atom is 0.137 e. The van der Waals surface area contributed by atoms with Gasteiger partial charge in [0.15, 0.2) is 0 Å². The van der Waals surface area contributed by atoms with Gasteiger partial charge < -0.3 is 0 Å². The highest BCUT2D eigenvalue weighted by Gasteiger charge is 2.19. The Morgan fingerprint density at radius 2 is 1.14 bits per heavy atom. The third-order valence-electron chi connectivity index (χ3n) is 7.44. The van der Waals surface area contributed by atoms with Gasteiger partial charge in [-0.2, -0.15) is 0 Å². The minimum atomic E-state index is 0.907. The van der Waals surface area contributed by atoms with Gasteiger partial charge in [0, 0.05) is 45.1 Å². The summed E-state index contributed by atoms with van der Waals surface area (Å²) in [6.07, 6.45) is 3.89. The lowest BCUT2D eigenvalue weighted by molar-refractivity contribution is 1.08. The summed E-state index contributed by atoms with van der Waals surface area (Å²) in [6, 6.07) is 40.7. The third-order valence-corrected chi connectivity index (χ3v) is 7.44. The van der Waals surface area contributed by atoms with Crippen LogP contribution in [0.5, 0.6) is 0 Å². The van der Waals surface area contributed by atoms with E-state index in [4.69, 9.17) is 4.98 Å². The average Bonchev–Trinajstić information content (AvgIpc) is 3.33. The molecule has 0 unspecified atom stereocenters. The van der Waals surface area contributed by atoms with Gasteiger partial charge in [0.1, 0.15) is 5.82 Å². The molecule has 0 bridgehead atoms. The largest absolute Gasteiger partial charge is 0.293 e. The van der Waals surface area contributed by atoms with Crippen molar-refractivity contribution in [3.8, 4) is 16.9 Å². The molecular formula is C34H21N3. The van der Waals surface area contributed by atoms with Crippen LogP contribution < -0.4 is 0 Å². The molecule has 8 rings (SSSR count). The summed E-state index contributed by atoms with van der Waals surface area (Å²) in [6.45, 7) is 0. The predicted octanol–water partition coefficient (Wildman–Crippen LogP) is 8.70. The number of rotatable bonds is 2. The number of fused-ring (bicyclic) bond motifs is 9. The standard InChI is InChI=1S/C34H21N3/c1-7-15-30-22(9-1)19-24(21-35-30)23-17-18-32(36-20-23)37-31-16-8-6-14-29(31)33-27-12-4-2-10-25(27)26-11-3-5-13-28(26)34(33)37/h1-21H. The number of benzene rings is 5. The molecule has 3 nitrogen and oxygen atoms in total. The van der Waals surface area contributed by atoms with Crippen LogP contribution in [-0.2, 0) is 0 Å². The number of aromatic nitrogens is 3. The molecule has 3 heterocycles. The van der Waals surface area contributed by atoms with E-state index in [2.05, 4.69) is 107 Å². The Bertz CT molecular complexity index is 2140. The van der Waals surface area contributed by atoms with E-state index in [0.717, 1.165) is 33.4 Å². The van der Waals surface area contributed by atoms with Crippen molar-refractivity contribution in [1.29, 1.82) is 0 Å². The Morgan fingerprint density at radius 3 is 1.95 bits per heavy atom. The predicted molar refractivity (Wildman–Crippen MR) is 154 cm³/mol. The minimum absolute atomic E-state index is 0.907. The number of hydrogen-bond acceptors (Lipinski definition) is 2. The van der Waals surface area contributed by atoms with Crippen molar-refractivity contribution in [2.75, 3.05) is 0 Å². The number of nitrogens with zero attached hydrogens (tertiary/aromatic N) is 3. The molecule has 0 amide bonds. The molecular weight excluding hydrogens is 450 g/mol. The van der Waals surface area contributed by atoms with Crippen LogP contribution in [-0.4, -0.2) is 14.5 Å². The summed E-state index contributed by atoms with van der Waals surface area (Å²) in [5.41, 5.74) is 5.48. The van der Waals surface area contributed by atoms with Crippen molar-refractivity contribution in [3.63, 3.8) is 0 Å². The minimum Gasteiger partial charge on any atom is -0.293 e. The van der Waals surface area contributed by atoms with E-state index >= 15 is 0 Å². The quantitative estimate of drug-likeness (QED) is 0.236. The number of para-hydroxylation sites is 2. The second-order valence-electron chi connectivity index (χ2n) is 9.49. The molecule has 3 aromatic heterocycles. The van der Waals surface area contributed by atoms with Crippen molar-refractivity contribution in [2.45, 2.75) is 0 Å². The van der Waals surface area contributed by atoms with E-state index < -0.39 is 0 Å². The second-order valence-corrected chi connectivity index (χ2v) is 9.49. The molecule has 0 saturated heterocycles. The van der Waals surface area contributed by atoms with Crippen molar-refractivity contribution in [3.05, 3.63) is 128 Å². The summed E-state index contributed by atoms with van der Waals surface area (Å²) >= 11 is 0. The number of hydrogen-bond donors (Lipinski definition) is 0. The smallest absolute Gasteiger partial charge is 0.137 e. The van der Waals surface area contributed by atoms with E-state index in [9.17, 15) is 0 Å². The summed E-state index contributed by atoms with van der Waals surface area (Å²) in [4.78, 5) is 9.64. The van der Waals surface area contributed by atoms with E-state index in [1.165, 1.54) is 37.8 Å². The van der Waals surface area contributed by atoms with Crippen LogP contribution in [0.15, 0.2) is 128 Å². The average molecular weight is 472 g/mol. The van der Waals surface area contributed by atoms with Crippen LogP contribution >= 0.6 is 0 Å². The van der Waals surface area contributed by atoms with Crippen LogP contribution in [0.3, 0.4) is 0 Å². The summed E-state index contributed by atoms with van der Waals surface area (Å²) in [5, 5.41) is 8.68. The lowest BCUT2D eigenvalue weighted by atomic mass is 9.97. The third kappa shape index (κ3) is 2.95. The first kappa shape index (κ1) is 20.2. The molecule has 3 heteroatoms. The molecule has 0 spiro atoms. The molecule has 0 aliphatic heterocycles. The van der Waals surface area contributed by atoms with Gasteiger partial charge >= 0.3 is 0 Å². The summed E-state index contributed by atoms with van der Waals surface area (Å²) < 4.78 is 2.32. The highest BCUT2D eigenvalue weighted by Crippen LogP contribution is 2.41. The van der Waals surface area contributed by atoms with Gasteiger partial charge in [0.2, 0.25) is 0 Å². The van der Waals surface area contributed by atoms with Crippen LogP contribution in [0, 0.1) is 0 Å². The summed E-state index contributed by atoms with van der Waals surface area (Å²) in [5.74, 6) is 0.907. The Morgan fingerprint density at radius 1 is 0.486 bits per heavy atom. The van der Waals surface area contributed by atoms with Gasteiger partial charge in [-0.25, -0.2) is 4.98 Å². The highest BCUT2D eigenvalue weighted by atomic mass is 15.1. The zero-order valence-electron chi connectivity index (χ0n) is 20.0. The molecule has 8 aromatic rings. The molecule has 5 aromatic carbocycles. The van der Waals surface area contributed by atoms with Crippen molar-refractivity contribution < 1.29 is 0 Å². The topological polar surface area (TPSA) is 30.7 Å². The molecule has 0 atom stereocenters. The molecule has 172 valence electrons. The van der Waals surface area contributed by atoms with Crippen LogP contribution in [0.4, 0.5) is 0 Å². The first-order valence-corrected chi connectivity index (χ1v) is 12.5. The fraction of sp³-hybridized carbons (Fsp3) is 0. The Balaban J connectivity index is 1.42. The van der Waals surface area contributed by atoms with Crippen LogP contribution in [0.25, 0.3) is 71.2 Å². The zero-order valence-corrected chi connectivity index (χ0v) is 20.0. The first-order chi connectivity index (χ1) is 18.4. The van der Waals surface area contributed by atoms with Gasteiger partial charge in [-0.1, -0.05) is 84.9 Å². The summed E-state index contributed by atoms with van der Waals surface area (Å²) in [7, 11) is 0. The maximum absolute atomic E-state index is 5.00. The van der Waals surface area contributed by atoms with E-state index in [-0.39, 0.29) is 0 Å². The van der Waals surface area contributed by atoms with Crippen LogP contribution in [0.2, 0.25) is 0 Å². The van der Waals surface area contributed by atoms with Gasteiger partial charge in [-0.15, -0.1) is 0 Å². The molecule has 37 heavy (non-hydrogen) atoms. The zero-order chi connectivity index (χ0) is 24.3. The molecule has 0 saturated carbocycles. The van der Waals surface area contributed by atoms with Gasteiger partial charge in [-0.05, 0) is 46.5 Å². The number of pyridine rings is 2. The molecule has 0 aliphatic carbocycles. The molecule has 0 fully saturated rings. The lowest BCUT2D eigenvalue weighted by Gasteiger charge is -2.12. The molecule has 0 N–H and O–H groups in total. The SMILES string of the molecule is c1ccc2ncc(-c3ccc(-n4c5ccccc5c5c6ccccc6c6ccccc6c54)nc3)cc2c1. The van der Waals surface area contributed by atoms with E-state index in [0.29, 0.717) is 0 Å². The highest BCUT2D eigenvalue weighted by molar-refractivity contribution is 6.32. The van der Waals surface area contributed by atoms with Gasteiger partial charge in [0.05, 0.1) is 16.6 Å². The Labute approximate surface area is 213 Å². The van der Waals surface area contributed by atoms with Crippen LogP contribution in [0.1, 0.15) is 0 Å². The molecule has 0 radical (unpaired) electrons. The van der Waals surface area contributed by atoms with E-state index in [1.54, 1.807) is 0 Å². The fourth-order valence-electron chi connectivity index (χ4n) is 5.78.